The number of sulfonamides is 1. The summed E-state index contributed by atoms with van der Waals surface area (Å²) < 4.78 is 41.5. The van der Waals surface area contributed by atoms with Crippen molar-refractivity contribution in [3.05, 3.63) is 126 Å². The molecule has 0 aliphatic carbocycles. The molecular formula is C49H67ClN6O7S2. The van der Waals surface area contributed by atoms with Crippen LogP contribution in [-0.2, 0) is 10.0 Å². The van der Waals surface area contributed by atoms with Crippen LogP contribution in [0.1, 0.15) is 73.5 Å². The van der Waals surface area contributed by atoms with Crippen LogP contribution in [0.15, 0.2) is 119 Å². The molecule has 2 fully saturated rings. The maximum atomic E-state index is 13.1. The maximum absolute atomic E-state index is 13.1. The number of hydrogen-bond donors (Lipinski definition) is 4. The van der Waals surface area contributed by atoms with Crippen LogP contribution in [-0.4, -0.2) is 114 Å². The van der Waals surface area contributed by atoms with E-state index < -0.39 is 10.0 Å². The lowest BCUT2D eigenvalue weighted by atomic mass is 9.99. The van der Waals surface area contributed by atoms with E-state index in [2.05, 4.69) is 22.2 Å². The minimum atomic E-state index is -3.58. The summed E-state index contributed by atoms with van der Waals surface area (Å²) >= 11 is 0.777. The summed E-state index contributed by atoms with van der Waals surface area (Å²) in [6.45, 7) is 11.8. The molecule has 2 saturated heterocycles. The van der Waals surface area contributed by atoms with E-state index in [0.717, 1.165) is 77.8 Å². The third kappa shape index (κ3) is 14.6. The number of rotatable bonds is 12. The zero-order valence-electron chi connectivity index (χ0n) is 37.1. The molecule has 16 heteroatoms. The largest absolute Gasteiger partial charge is 0.497 e. The van der Waals surface area contributed by atoms with Crippen molar-refractivity contribution < 1.29 is 32.8 Å². The first-order valence-corrected chi connectivity index (χ1v) is 23.7. The van der Waals surface area contributed by atoms with Gasteiger partial charge in [0.2, 0.25) is 10.0 Å². The average Bonchev–Trinajstić information content (AvgIpc) is 3.96. The molecular weight excluding hydrogens is 884 g/mol. The first-order valence-electron chi connectivity index (χ1n) is 21.5. The van der Waals surface area contributed by atoms with E-state index in [0.29, 0.717) is 49.2 Å². The third-order valence-corrected chi connectivity index (χ3v) is 13.9. The molecule has 2 unspecified atom stereocenters. The number of H-pyrrole nitrogens is 2. The summed E-state index contributed by atoms with van der Waals surface area (Å²) in [5.74, 6) is 1.34. The molecule has 65 heavy (non-hydrogen) atoms. The Kier molecular flexibility index (Phi) is 22.1. The Hall–Kier alpha value is -4.87. The minimum absolute atomic E-state index is 0. The fraction of sp³-hybridized carbons (Fsp3) is 0.388. The molecule has 0 radical (unpaired) electrons. The van der Waals surface area contributed by atoms with Gasteiger partial charge in [-0.25, -0.2) is 8.42 Å². The predicted molar refractivity (Wildman–Crippen MR) is 267 cm³/mol. The number of benzene rings is 4. The second-order valence-corrected chi connectivity index (χ2v) is 18.5. The molecule has 6 aromatic rings. The number of aryl methyl sites for hydroxylation is 1. The second-order valence-electron chi connectivity index (χ2n) is 15.9. The van der Waals surface area contributed by atoms with Crippen molar-refractivity contribution in [3.63, 3.8) is 0 Å². The Labute approximate surface area is 395 Å². The van der Waals surface area contributed by atoms with Gasteiger partial charge < -0.3 is 39.9 Å². The van der Waals surface area contributed by atoms with Gasteiger partial charge in [0, 0.05) is 78.0 Å². The van der Waals surface area contributed by atoms with Gasteiger partial charge in [-0.2, -0.15) is 4.31 Å². The number of amides is 2. The van der Waals surface area contributed by atoms with Crippen LogP contribution in [0.3, 0.4) is 0 Å². The third-order valence-electron chi connectivity index (χ3n) is 11.5. The number of nitrogens with one attached hydrogen (secondary N) is 3. The van der Waals surface area contributed by atoms with E-state index in [1.54, 1.807) is 40.6 Å². The van der Waals surface area contributed by atoms with Crippen LogP contribution in [0.4, 0.5) is 0 Å². The van der Waals surface area contributed by atoms with Gasteiger partial charge in [-0.1, -0.05) is 61.5 Å². The summed E-state index contributed by atoms with van der Waals surface area (Å²) in [5, 5.41) is 5.51. The van der Waals surface area contributed by atoms with Crippen molar-refractivity contribution in [2.24, 2.45) is 11.8 Å². The SMILES string of the molecule is C.CCN(CC1CCCN(S(=O)(=O)c2ccc(OC)cc2)C1)C(=O)c1cc2ccccc2[nH]1.CCN(CC1CCCNC1)C(=O)c1cc2ccccc2[nH]1.Cc1ccc(SO)cc1.Cl.O. The van der Waals surface area contributed by atoms with Crippen molar-refractivity contribution >= 4 is 68.1 Å². The van der Waals surface area contributed by atoms with Crippen molar-refractivity contribution in [3.8, 4) is 5.75 Å². The summed E-state index contributed by atoms with van der Waals surface area (Å²) in [6.07, 6.45) is 4.09. The number of hydrogen-bond acceptors (Lipinski definition) is 8. The maximum Gasteiger partial charge on any atom is 0.270 e. The fourth-order valence-corrected chi connectivity index (χ4v) is 9.83. The van der Waals surface area contributed by atoms with E-state index in [4.69, 9.17) is 9.29 Å². The number of methoxy groups -OCH3 is 1. The van der Waals surface area contributed by atoms with Gasteiger partial charge in [0.15, 0.2) is 0 Å². The number of fused-ring (bicyclic) bond motifs is 2. The van der Waals surface area contributed by atoms with Crippen molar-refractivity contribution in [2.45, 2.75) is 63.7 Å². The zero-order chi connectivity index (χ0) is 44.1. The van der Waals surface area contributed by atoms with E-state index in [1.807, 2.05) is 104 Å². The molecule has 0 saturated carbocycles. The van der Waals surface area contributed by atoms with Crippen molar-refractivity contribution in [1.29, 1.82) is 0 Å². The number of nitrogens with zero attached hydrogens (tertiary/aromatic N) is 3. The Balaban J connectivity index is 0.000000292. The van der Waals surface area contributed by atoms with Crippen LogP contribution in [0.2, 0.25) is 0 Å². The summed E-state index contributed by atoms with van der Waals surface area (Å²) in [7, 11) is -2.03. The lowest BCUT2D eigenvalue weighted by Crippen LogP contribution is -2.45. The Morgan fingerprint density at radius 3 is 1.78 bits per heavy atom. The number of halogens is 1. The van der Waals surface area contributed by atoms with E-state index in [1.165, 1.54) is 18.4 Å². The molecule has 2 atom stereocenters. The van der Waals surface area contributed by atoms with Gasteiger partial charge in [0.05, 0.1) is 12.0 Å². The Bertz CT molecular complexity index is 2410. The monoisotopic (exact) mass is 950 g/mol. The van der Waals surface area contributed by atoms with E-state index >= 15 is 0 Å². The first kappa shape index (κ1) is 54.5. The standard InChI is InChI=1S/C24H29N3O4S.C17H23N3O.C7H8OS.CH4.ClH.H2O/c1-3-26(24(28)23-15-19-8-4-5-9-22(19)25-23)16-18-7-6-14-27(17-18)32(29,30)21-12-10-20(31-2)11-13-21;1-2-20(12-13-6-5-9-18-11-13)17(21)16-10-14-7-3-4-8-15(14)19-16;1-6-2-4-7(9-8)5-3-6;;;/h4-5,8-13,15,18,25H,3,6-7,14,16-17H2,1-2H3;3-4,7-8,10,13,18-19H,2,5-6,9,11-12H2,1H3;2-5,8H,1H3;1H4;1H;1H2. The molecule has 354 valence electrons. The molecule has 2 amide bonds. The smallest absolute Gasteiger partial charge is 0.270 e. The first-order chi connectivity index (χ1) is 30.0. The quantitative estimate of drug-likeness (QED) is 0.0876. The molecule has 2 aliphatic rings. The molecule has 2 aromatic heterocycles. The van der Waals surface area contributed by atoms with Gasteiger partial charge in [0.25, 0.3) is 11.8 Å². The molecule has 4 heterocycles. The number of para-hydroxylation sites is 2. The predicted octanol–water partition coefficient (Wildman–Crippen LogP) is 9.16. The minimum Gasteiger partial charge on any atom is -0.497 e. The normalized spacial score (nSPS) is 16.0. The van der Waals surface area contributed by atoms with Crippen LogP contribution in [0.5, 0.6) is 5.75 Å². The highest BCUT2D eigenvalue weighted by Gasteiger charge is 2.32. The lowest BCUT2D eigenvalue weighted by Gasteiger charge is -2.34. The number of carbonyl (C=O) groups is 2. The zero-order valence-corrected chi connectivity index (χ0v) is 39.5. The van der Waals surface area contributed by atoms with Crippen molar-refractivity contribution in [2.75, 3.05) is 59.5 Å². The van der Waals surface area contributed by atoms with Gasteiger partial charge in [0.1, 0.15) is 17.1 Å². The topological polar surface area (TPSA) is 183 Å². The summed E-state index contributed by atoms with van der Waals surface area (Å²) in [6, 6.07) is 33.9. The van der Waals surface area contributed by atoms with Crippen LogP contribution in [0.25, 0.3) is 21.8 Å². The van der Waals surface area contributed by atoms with Gasteiger partial charge in [-0.05, 0) is 132 Å². The second kappa shape index (κ2) is 26.3. The summed E-state index contributed by atoms with van der Waals surface area (Å²) in [4.78, 5) is 37.2. The van der Waals surface area contributed by atoms with E-state index in [9.17, 15) is 18.0 Å². The molecule has 13 nitrogen and oxygen atoms in total. The van der Waals surface area contributed by atoms with Gasteiger partial charge in [-0.15, -0.1) is 12.4 Å². The number of aromatic nitrogens is 2. The fourth-order valence-electron chi connectivity index (χ4n) is 8.02. The van der Waals surface area contributed by atoms with Gasteiger partial charge >= 0.3 is 0 Å². The number of piperidine rings is 2. The summed E-state index contributed by atoms with van der Waals surface area (Å²) in [5.41, 5.74) is 4.43. The lowest BCUT2D eigenvalue weighted by molar-refractivity contribution is 0.0708. The highest BCUT2D eigenvalue weighted by Crippen LogP contribution is 2.27. The average molecular weight is 952 g/mol. The molecule has 0 bridgehead atoms. The van der Waals surface area contributed by atoms with E-state index in [-0.39, 0.29) is 47.9 Å². The number of ether oxygens (including phenoxy) is 1. The van der Waals surface area contributed by atoms with Crippen LogP contribution < -0.4 is 10.1 Å². The number of aromatic amines is 2. The molecule has 6 N–H and O–H groups in total. The Morgan fingerprint density at radius 1 is 0.785 bits per heavy atom. The number of carbonyl (C=O) groups excluding carboxylic acids is 2. The van der Waals surface area contributed by atoms with Crippen LogP contribution >= 0.6 is 24.4 Å². The Morgan fingerprint density at radius 2 is 1.31 bits per heavy atom. The molecule has 8 rings (SSSR count). The molecule has 2 aliphatic heterocycles. The highest BCUT2D eigenvalue weighted by atomic mass is 35.5. The molecule has 0 spiro atoms. The molecule has 4 aromatic carbocycles. The van der Waals surface area contributed by atoms with Gasteiger partial charge in [-0.3, -0.25) is 9.59 Å². The van der Waals surface area contributed by atoms with Crippen molar-refractivity contribution in [1.82, 2.24) is 29.4 Å². The highest BCUT2D eigenvalue weighted by molar-refractivity contribution is 7.93. The van der Waals surface area contributed by atoms with Crippen LogP contribution in [0, 0.1) is 18.8 Å².